The molecule has 0 unspecified atom stereocenters. The zero-order chi connectivity index (χ0) is 14.8. The lowest BCUT2D eigenvalue weighted by Gasteiger charge is -2.07. The topological polar surface area (TPSA) is 76.7 Å². The van der Waals surface area contributed by atoms with Crippen LogP contribution in [0.1, 0.15) is 11.4 Å². The zero-order valence-electron chi connectivity index (χ0n) is 11.7. The van der Waals surface area contributed by atoms with Crippen molar-refractivity contribution in [2.24, 2.45) is 0 Å². The minimum absolute atomic E-state index is 0.115. The van der Waals surface area contributed by atoms with Gasteiger partial charge in [0, 0.05) is 28.8 Å². The third-order valence-corrected chi connectivity index (χ3v) is 3.43. The van der Waals surface area contributed by atoms with E-state index in [1.165, 1.54) is 0 Å². The molecule has 0 radical (unpaired) electrons. The normalized spacial score (nSPS) is 10.7. The van der Waals surface area contributed by atoms with Crippen molar-refractivity contribution >= 4 is 5.69 Å². The highest BCUT2D eigenvalue weighted by molar-refractivity contribution is 5.66. The Labute approximate surface area is 122 Å². The number of nitrogens with one attached hydrogen (secondary N) is 1. The van der Waals surface area contributed by atoms with E-state index in [9.17, 15) is 4.79 Å². The average Bonchev–Trinajstić information content (AvgIpc) is 2.84. The standard InChI is InChI=1S/C16H16N4O/c1-11-8-18-10-20(11)9-14-5-6-15(16(21)19-14)12-3-2-4-13(17)7-12/h2-8,10H,9,17H2,1H3,(H,19,21). The summed E-state index contributed by atoms with van der Waals surface area (Å²) in [5.74, 6) is 0. The van der Waals surface area contributed by atoms with E-state index in [2.05, 4.69) is 9.97 Å². The lowest BCUT2D eigenvalue weighted by molar-refractivity contribution is 0.746. The molecule has 0 spiro atoms. The maximum absolute atomic E-state index is 12.2. The van der Waals surface area contributed by atoms with Crippen molar-refractivity contribution in [1.29, 1.82) is 0 Å². The minimum Gasteiger partial charge on any atom is -0.399 e. The molecule has 0 aliphatic rings. The first-order chi connectivity index (χ1) is 10.1. The van der Waals surface area contributed by atoms with Gasteiger partial charge in [0.1, 0.15) is 0 Å². The van der Waals surface area contributed by atoms with Crippen molar-refractivity contribution < 1.29 is 0 Å². The fourth-order valence-corrected chi connectivity index (χ4v) is 2.28. The zero-order valence-corrected chi connectivity index (χ0v) is 11.7. The van der Waals surface area contributed by atoms with Crippen LogP contribution in [0.4, 0.5) is 5.69 Å². The van der Waals surface area contributed by atoms with Gasteiger partial charge in [0.2, 0.25) is 0 Å². The van der Waals surface area contributed by atoms with Crippen molar-refractivity contribution in [2.45, 2.75) is 13.5 Å². The Hall–Kier alpha value is -2.82. The Morgan fingerprint density at radius 2 is 2.14 bits per heavy atom. The van der Waals surface area contributed by atoms with Crippen molar-refractivity contribution in [3.63, 3.8) is 0 Å². The predicted octanol–water partition coefficient (Wildman–Crippen LogP) is 2.18. The summed E-state index contributed by atoms with van der Waals surface area (Å²) in [7, 11) is 0. The number of pyridine rings is 1. The summed E-state index contributed by atoms with van der Waals surface area (Å²) in [6.07, 6.45) is 3.54. The number of aromatic nitrogens is 3. The van der Waals surface area contributed by atoms with E-state index in [-0.39, 0.29) is 5.56 Å². The number of imidazole rings is 1. The number of hydrogen-bond donors (Lipinski definition) is 2. The molecule has 0 amide bonds. The van der Waals surface area contributed by atoms with Gasteiger partial charge in [-0.2, -0.15) is 0 Å². The highest BCUT2D eigenvalue weighted by Crippen LogP contribution is 2.18. The Morgan fingerprint density at radius 1 is 1.29 bits per heavy atom. The van der Waals surface area contributed by atoms with Crippen LogP contribution in [-0.4, -0.2) is 14.5 Å². The molecule has 5 nitrogen and oxygen atoms in total. The Balaban J connectivity index is 1.93. The molecule has 3 N–H and O–H groups in total. The lowest BCUT2D eigenvalue weighted by atomic mass is 10.1. The molecule has 21 heavy (non-hydrogen) atoms. The number of nitrogen functional groups attached to an aromatic ring is 1. The summed E-state index contributed by atoms with van der Waals surface area (Å²) in [4.78, 5) is 19.2. The van der Waals surface area contributed by atoms with Crippen LogP contribution in [0.15, 0.2) is 53.7 Å². The van der Waals surface area contributed by atoms with Gasteiger partial charge >= 0.3 is 0 Å². The van der Waals surface area contributed by atoms with E-state index < -0.39 is 0 Å². The van der Waals surface area contributed by atoms with Crippen LogP contribution >= 0.6 is 0 Å². The van der Waals surface area contributed by atoms with Gasteiger partial charge in [-0.05, 0) is 36.8 Å². The monoisotopic (exact) mass is 280 g/mol. The van der Waals surface area contributed by atoms with Crippen LogP contribution in [0, 0.1) is 6.92 Å². The molecule has 2 heterocycles. The second-order valence-corrected chi connectivity index (χ2v) is 5.01. The number of aromatic amines is 1. The van der Waals surface area contributed by atoms with E-state index in [0.717, 1.165) is 17.0 Å². The molecule has 0 fully saturated rings. The highest BCUT2D eigenvalue weighted by Gasteiger charge is 2.06. The van der Waals surface area contributed by atoms with Gasteiger partial charge in [-0.15, -0.1) is 0 Å². The first-order valence-electron chi connectivity index (χ1n) is 6.68. The molecule has 5 heteroatoms. The fourth-order valence-electron chi connectivity index (χ4n) is 2.28. The van der Waals surface area contributed by atoms with E-state index >= 15 is 0 Å². The van der Waals surface area contributed by atoms with Crippen molar-refractivity contribution in [3.8, 4) is 11.1 Å². The third-order valence-electron chi connectivity index (χ3n) is 3.43. The molecule has 0 saturated carbocycles. The summed E-state index contributed by atoms with van der Waals surface area (Å²) < 4.78 is 1.98. The molecular weight excluding hydrogens is 264 g/mol. The molecule has 0 bridgehead atoms. The number of benzene rings is 1. The predicted molar refractivity (Wildman–Crippen MR) is 83.0 cm³/mol. The Morgan fingerprint density at radius 3 is 2.81 bits per heavy atom. The molecule has 0 aliphatic heterocycles. The molecule has 0 atom stereocenters. The number of H-pyrrole nitrogens is 1. The summed E-state index contributed by atoms with van der Waals surface area (Å²) in [5.41, 5.74) is 9.62. The van der Waals surface area contributed by atoms with Gasteiger partial charge < -0.3 is 15.3 Å². The molecule has 3 aromatic rings. The van der Waals surface area contributed by atoms with E-state index in [1.807, 2.05) is 35.8 Å². The molecule has 0 aliphatic carbocycles. The Kier molecular flexibility index (Phi) is 3.31. The maximum Gasteiger partial charge on any atom is 0.256 e. The van der Waals surface area contributed by atoms with Crippen LogP contribution < -0.4 is 11.3 Å². The molecular formula is C16H16N4O. The van der Waals surface area contributed by atoms with Crippen LogP contribution in [0.25, 0.3) is 11.1 Å². The molecule has 0 saturated heterocycles. The van der Waals surface area contributed by atoms with Crippen molar-refractivity contribution in [1.82, 2.24) is 14.5 Å². The SMILES string of the molecule is Cc1cncn1Cc1ccc(-c2cccc(N)c2)c(=O)[nH]1. The maximum atomic E-state index is 12.2. The van der Waals surface area contributed by atoms with Crippen LogP contribution in [0.2, 0.25) is 0 Å². The van der Waals surface area contributed by atoms with Crippen molar-refractivity contribution in [2.75, 3.05) is 5.73 Å². The van der Waals surface area contributed by atoms with Gasteiger partial charge in [-0.3, -0.25) is 4.79 Å². The van der Waals surface area contributed by atoms with Gasteiger partial charge in [0.05, 0.1) is 12.9 Å². The largest absolute Gasteiger partial charge is 0.399 e. The number of aryl methyl sites for hydroxylation is 1. The number of anilines is 1. The molecule has 1 aromatic carbocycles. The number of nitrogens with two attached hydrogens (primary N) is 1. The highest BCUT2D eigenvalue weighted by atomic mass is 16.1. The van der Waals surface area contributed by atoms with Crippen LogP contribution in [0.3, 0.4) is 0 Å². The van der Waals surface area contributed by atoms with E-state index in [1.54, 1.807) is 24.7 Å². The second-order valence-electron chi connectivity index (χ2n) is 5.01. The number of hydrogen-bond acceptors (Lipinski definition) is 3. The summed E-state index contributed by atoms with van der Waals surface area (Å²) in [5, 5.41) is 0. The minimum atomic E-state index is -0.115. The smallest absolute Gasteiger partial charge is 0.256 e. The molecule has 3 rings (SSSR count). The lowest BCUT2D eigenvalue weighted by Crippen LogP contribution is -2.13. The number of rotatable bonds is 3. The average molecular weight is 280 g/mol. The van der Waals surface area contributed by atoms with Gasteiger partial charge in [-0.25, -0.2) is 4.98 Å². The van der Waals surface area contributed by atoms with Crippen LogP contribution in [-0.2, 0) is 6.54 Å². The molecule has 2 aromatic heterocycles. The summed E-state index contributed by atoms with van der Waals surface area (Å²) in [6.45, 7) is 2.57. The van der Waals surface area contributed by atoms with Crippen LogP contribution in [0.5, 0.6) is 0 Å². The van der Waals surface area contributed by atoms with Gasteiger partial charge in [0.25, 0.3) is 5.56 Å². The first-order valence-corrected chi connectivity index (χ1v) is 6.68. The van der Waals surface area contributed by atoms with Gasteiger partial charge in [-0.1, -0.05) is 12.1 Å². The third kappa shape index (κ3) is 2.72. The van der Waals surface area contributed by atoms with Crippen molar-refractivity contribution in [3.05, 3.63) is 70.7 Å². The molecule has 106 valence electrons. The Bertz CT molecular complexity index is 832. The number of nitrogens with zero attached hydrogens (tertiary/aromatic N) is 2. The van der Waals surface area contributed by atoms with E-state index in [0.29, 0.717) is 17.8 Å². The fraction of sp³-hybridized carbons (Fsp3) is 0.125. The van der Waals surface area contributed by atoms with Gasteiger partial charge in [0.15, 0.2) is 0 Å². The summed E-state index contributed by atoms with van der Waals surface area (Å²) >= 11 is 0. The quantitative estimate of drug-likeness (QED) is 0.722. The first kappa shape index (κ1) is 13.2. The van der Waals surface area contributed by atoms with E-state index in [4.69, 9.17) is 5.73 Å². The second kappa shape index (κ2) is 5.28. The summed E-state index contributed by atoms with van der Waals surface area (Å²) in [6, 6.07) is 11.1.